The van der Waals surface area contributed by atoms with E-state index in [4.69, 9.17) is 5.11 Å². The Bertz CT molecular complexity index is 772. The molecule has 0 aliphatic heterocycles. The van der Waals surface area contributed by atoms with Crippen molar-refractivity contribution in [1.82, 2.24) is 0 Å². The van der Waals surface area contributed by atoms with Gasteiger partial charge in [-0.3, -0.25) is 4.72 Å². The highest BCUT2D eigenvalue weighted by molar-refractivity contribution is 9.10. The lowest BCUT2D eigenvalue weighted by Gasteiger charge is -2.07. The molecular formula is C11H7BrFNO4S2. The van der Waals surface area contributed by atoms with Crippen molar-refractivity contribution in [3.63, 3.8) is 0 Å². The molecule has 0 amide bonds. The molecule has 5 nitrogen and oxygen atoms in total. The van der Waals surface area contributed by atoms with Crippen molar-refractivity contribution in [3.05, 3.63) is 45.5 Å². The zero-order valence-corrected chi connectivity index (χ0v) is 12.9. The molecule has 0 unspecified atom stereocenters. The van der Waals surface area contributed by atoms with Gasteiger partial charge in [0.2, 0.25) is 0 Å². The second-order valence-corrected chi connectivity index (χ2v) is 7.43. The van der Waals surface area contributed by atoms with Gasteiger partial charge in [0.25, 0.3) is 10.0 Å². The van der Waals surface area contributed by atoms with E-state index in [9.17, 15) is 17.6 Å². The van der Waals surface area contributed by atoms with Crippen LogP contribution in [0.3, 0.4) is 0 Å². The van der Waals surface area contributed by atoms with Gasteiger partial charge in [-0.25, -0.2) is 17.6 Å². The van der Waals surface area contributed by atoms with Crippen LogP contribution >= 0.6 is 27.3 Å². The van der Waals surface area contributed by atoms with Crippen LogP contribution < -0.4 is 4.72 Å². The number of carbonyl (C=O) groups is 1. The standard InChI is InChI=1S/C11H7BrFNO4S2/c12-7-1-2-9(8(13)4-7)14-20(17,18)10-3-6(5-19-10)11(15)16/h1-5,14H,(H,15,16). The van der Waals surface area contributed by atoms with E-state index in [1.54, 1.807) is 0 Å². The Balaban J connectivity index is 2.33. The fraction of sp³-hybridized carbons (Fsp3) is 0. The molecule has 0 aliphatic carbocycles. The van der Waals surface area contributed by atoms with E-state index in [2.05, 4.69) is 20.7 Å². The van der Waals surface area contributed by atoms with Gasteiger partial charge in [0.05, 0.1) is 11.3 Å². The summed E-state index contributed by atoms with van der Waals surface area (Å²) in [5.41, 5.74) is -0.342. The first kappa shape index (κ1) is 14.9. The molecule has 2 aromatic rings. The number of carboxylic acid groups (broad SMARTS) is 1. The Hall–Kier alpha value is -1.45. The topological polar surface area (TPSA) is 83.5 Å². The lowest BCUT2D eigenvalue weighted by Crippen LogP contribution is -2.12. The Labute approximate surface area is 126 Å². The van der Waals surface area contributed by atoms with Crippen LogP contribution in [0.25, 0.3) is 0 Å². The molecule has 0 saturated carbocycles. The first-order valence-corrected chi connectivity index (χ1v) is 8.25. The van der Waals surface area contributed by atoms with E-state index in [1.165, 1.54) is 17.5 Å². The van der Waals surface area contributed by atoms with Crippen molar-refractivity contribution >= 4 is 48.9 Å². The molecule has 0 saturated heterocycles. The van der Waals surface area contributed by atoms with Gasteiger partial charge >= 0.3 is 5.97 Å². The number of anilines is 1. The third kappa shape index (κ3) is 3.17. The summed E-state index contributed by atoms with van der Waals surface area (Å²) in [6.45, 7) is 0. The van der Waals surface area contributed by atoms with Crippen molar-refractivity contribution in [3.8, 4) is 0 Å². The largest absolute Gasteiger partial charge is 0.478 e. The molecule has 1 heterocycles. The van der Waals surface area contributed by atoms with E-state index < -0.39 is 21.8 Å². The van der Waals surface area contributed by atoms with Crippen molar-refractivity contribution in [2.45, 2.75) is 4.21 Å². The molecule has 0 spiro atoms. The van der Waals surface area contributed by atoms with Gasteiger partial charge in [-0.15, -0.1) is 11.3 Å². The van der Waals surface area contributed by atoms with Crippen LogP contribution in [0, 0.1) is 5.82 Å². The van der Waals surface area contributed by atoms with Gasteiger partial charge in [0.15, 0.2) is 0 Å². The van der Waals surface area contributed by atoms with Crippen LogP contribution in [-0.4, -0.2) is 19.5 Å². The zero-order valence-electron chi connectivity index (χ0n) is 9.63. The number of sulfonamides is 1. The number of benzene rings is 1. The summed E-state index contributed by atoms with van der Waals surface area (Å²) in [4.78, 5) is 10.7. The minimum atomic E-state index is -4.01. The summed E-state index contributed by atoms with van der Waals surface area (Å²) in [5, 5.41) is 9.96. The van der Waals surface area contributed by atoms with E-state index in [-0.39, 0.29) is 15.5 Å². The molecule has 106 valence electrons. The van der Waals surface area contributed by atoms with Gasteiger partial charge in [-0.2, -0.15) is 0 Å². The fourth-order valence-corrected chi connectivity index (χ4v) is 3.89. The van der Waals surface area contributed by atoms with Gasteiger partial charge in [0, 0.05) is 9.85 Å². The molecular weight excluding hydrogens is 373 g/mol. The molecule has 0 radical (unpaired) electrons. The lowest BCUT2D eigenvalue weighted by atomic mass is 10.3. The highest BCUT2D eigenvalue weighted by atomic mass is 79.9. The fourth-order valence-electron chi connectivity index (χ4n) is 1.34. The zero-order chi connectivity index (χ0) is 14.9. The quantitative estimate of drug-likeness (QED) is 0.854. The number of rotatable bonds is 4. The van der Waals surface area contributed by atoms with Crippen LogP contribution in [0.5, 0.6) is 0 Å². The molecule has 1 aromatic carbocycles. The number of aromatic carboxylic acids is 1. The number of halogens is 2. The third-order valence-electron chi connectivity index (χ3n) is 2.26. The Morgan fingerprint density at radius 2 is 2.05 bits per heavy atom. The lowest BCUT2D eigenvalue weighted by molar-refractivity contribution is 0.0697. The van der Waals surface area contributed by atoms with Crippen LogP contribution in [-0.2, 0) is 10.0 Å². The van der Waals surface area contributed by atoms with Crippen LogP contribution in [0.4, 0.5) is 10.1 Å². The number of thiophene rings is 1. The van der Waals surface area contributed by atoms with Gasteiger partial charge in [-0.05, 0) is 24.3 Å². The molecule has 0 aliphatic rings. The number of carboxylic acids is 1. The van der Waals surface area contributed by atoms with Crippen LogP contribution in [0.15, 0.2) is 38.3 Å². The van der Waals surface area contributed by atoms with Gasteiger partial charge in [0.1, 0.15) is 10.0 Å². The Morgan fingerprint density at radius 1 is 1.35 bits per heavy atom. The minimum Gasteiger partial charge on any atom is -0.478 e. The molecule has 20 heavy (non-hydrogen) atoms. The minimum absolute atomic E-state index is 0.133. The SMILES string of the molecule is O=C(O)c1csc(S(=O)(=O)Nc2ccc(Br)cc2F)c1. The average Bonchev–Trinajstić information content (AvgIpc) is 2.83. The van der Waals surface area contributed by atoms with Crippen molar-refractivity contribution in [2.24, 2.45) is 0 Å². The normalized spacial score (nSPS) is 11.3. The number of hydrogen-bond acceptors (Lipinski definition) is 4. The number of hydrogen-bond donors (Lipinski definition) is 2. The molecule has 1 aromatic heterocycles. The second kappa shape index (κ2) is 5.51. The van der Waals surface area contributed by atoms with Crippen molar-refractivity contribution < 1.29 is 22.7 Å². The summed E-state index contributed by atoms with van der Waals surface area (Å²) in [6.07, 6.45) is 0. The van der Waals surface area contributed by atoms with E-state index >= 15 is 0 Å². The Morgan fingerprint density at radius 3 is 2.60 bits per heavy atom. The van der Waals surface area contributed by atoms with Crippen LogP contribution in [0.1, 0.15) is 10.4 Å². The molecule has 9 heteroatoms. The predicted octanol–water partition coefficient (Wildman–Crippen LogP) is 3.15. The Kier molecular flexibility index (Phi) is 4.11. The first-order valence-electron chi connectivity index (χ1n) is 5.09. The third-order valence-corrected chi connectivity index (χ3v) is 5.56. The number of nitrogens with one attached hydrogen (secondary N) is 1. The summed E-state index contributed by atoms with van der Waals surface area (Å²) in [5.74, 6) is -1.96. The molecule has 0 atom stereocenters. The van der Waals surface area contributed by atoms with Crippen molar-refractivity contribution in [2.75, 3.05) is 4.72 Å². The van der Waals surface area contributed by atoms with Crippen molar-refractivity contribution in [1.29, 1.82) is 0 Å². The first-order chi connectivity index (χ1) is 9.29. The van der Waals surface area contributed by atoms with E-state index in [0.717, 1.165) is 23.5 Å². The smallest absolute Gasteiger partial charge is 0.336 e. The van der Waals surface area contributed by atoms with Crippen LogP contribution in [0.2, 0.25) is 0 Å². The highest BCUT2D eigenvalue weighted by Gasteiger charge is 2.20. The summed E-state index contributed by atoms with van der Waals surface area (Å²) < 4.78 is 39.9. The van der Waals surface area contributed by atoms with E-state index in [1.807, 2.05) is 0 Å². The molecule has 0 fully saturated rings. The van der Waals surface area contributed by atoms with Gasteiger partial charge in [-0.1, -0.05) is 15.9 Å². The monoisotopic (exact) mass is 379 g/mol. The highest BCUT2D eigenvalue weighted by Crippen LogP contribution is 2.25. The maximum absolute atomic E-state index is 13.6. The molecule has 0 bridgehead atoms. The summed E-state index contributed by atoms with van der Waals surface area (Å²) >= 11 is 3.81. The van der Waals surface area contributed by atoms with E-state index in [0.29, 0.717) is 4.47 Å². The summed E-state index contributed by atoms with van der Waals surface area (Å²) in [7, 11) is -4.01. The predicted molar refractivity (Wildman–Crippen MR) is 76.2 cm³/mol. The second-order valence-electron chi connectivity index (χ2n) is 3.69. The maximum atomic E-state index is 13.6. The molecule has 2 rings (SSSR count). The maximum Gasteiger partial charge on any atom is 0.336 e. The molecule has 2 N–H and O–H groups in total. The van der Waals surface area contributed by atoms with Gasteiger partial charge < -0.3 is 5.11 Å². The summed E-state index contributed by atoms with van der Waals surface area (Å²) in [6, 6.07) is 4.89. The average molecular weight is 380 g/mol.